The molecule has 0 spiro atoms. The highest BCUT2D eigenvalue weighted by molar-refractivity contribution is 6.32. The van der Waals surface area contributed by atoms with Crippen LogP contribution in [-0.4, -0.2) is 20.2 Å². The summed E-state index contributed by atoms with van der Waals surface area (Å²) in [6.45, 7) is 0.523. The molecule has 1 aliphatic rings. The van der Waals surface area contributed by atoms with E-state index in [-0.39, 0.29) is 5.78 Å². The molecule has 1 heterocycles. The minimum absolute atomic E-state index is 0.191. The lowest BCUT2D eigenvalue weighted by molar-refractivity contribution is 0.0933. The molecule has 0 fully saturated rings. The van der Waals surface area contributed by atoms with Crippen molar-refractivity contribution in [1.82, 2.24) is 0 Å². The van der Waals surface area contributed by atoms with Crippen LogP contribution in [0.25, 0.3) is 0 Å². The maximum Gasteiger partial charge on any atom is 0.169 e. The van der Waals surface area contributed by atoms with Gasteiger partial charge in [0, 0.05) is 6.42 Å². The fraction of sp³-hybridized carbons (Fsp3) is 0.222. The Bertz CT molecular complexity index is 333. The second-order valence-corrected chi connectivity index (χ2v) is 3.02. The molecule has 0 bridgehead atoms. The Balaban J connectivity index is 2.53. The van der Waals surface area contributed by atoms with Gasteiger partial charge in [0.2, 0.25) is 0 Å². The Labute approximate surface area is 71.9 Å². The molecule has 0 N–H and O–H groups in total. The van der Waals surface area contributed by atoms with Crippen LogP contribution in [0, 0.1) is 0 Å². The summed E-state index contributed by atoms with van der Waals surface area (Å²) in [5, 5.41) is 0. The summed E-state index contributed by atoms with van der Waals surface area (Å²) in [5.41, 5.74) is 1.86. The predicted molar refractivity (Wildman–Crippen MR) is 49.1 cm³/mol. The number of ketones is 1. The lowest BCUT2D eigenvalue weighted by atomic mass is 9.93. The van der Waals surface area contributed by atoms with E-state index in [0.717, 1.165) is 16.8 Å². The third kappa shape index (κ3) is 1.11. The smallest absolute Gasteiger partial charge is 0.169 e. The number of carbonyl (C=O) groups is 1. The molecule has 2 nitrogen and oxygen atoms in total. The topological polar surface area (TPSA) is 26.3 Å². The van der Waals surface area contributed by atoms with Crippen LogP contribution < -0.4 is 10.2 Å². The molecule has 2 rings (SSSR count). The van der Waals surface area contributed by atoms with E-state index in [9.17, 15) is 4.79 Å². The SMILES string of the molecule is Bc1ccc2c(c1)OCCC2=O. The number of carbonyl (C=O) groups excluding carboxylic acids is 1. The number of rotatable bonds is 0. The quantitative estimate of drug-likeness (QED) is 0.495. The molecule has 12 heavy (non-hydrogen) atoms. The molecule has 1 aliphatic heterocycles. The van der Waals surface area contributed by atoms with Gasteiger partial charge in [0.1, 0.15) is 13.6 Å². The van der Waals surface area contributed by atoms with E-state index in [1.165, 1.54) is 0 Å². The molecule has 3 heteroatoms. The third-order valence-corrected chi connectivity index (χ3v) is 2.02. The molecule has 0 amide bonds. The van der Waals surface area contributed by atoms with E-state index in [1.807, 2.05) is 26.0 Å². The van der Waals surface area contributed by atoms with E-state index in [0.29, 0.717) is 13.0 Å². The van der Waals surface area contributed by atoms with Crippen molar-refractivity contribution in [3.05, 3.63) is 23.8 Å². The van der Waals surface area contributed by atoms with E-state index >= 15 is 0 Å². The minimum atomic E-state index is 0.191. The number of ether oxygens (including phenoxy) is 1. The summed E-state index contributed by atoms with van der Waals surface area (Å²) in [4.78, 5) is 11.3. The second-order valence-electron chi connectivity index (χ2n) is 3.02. The van der Waals surface area contributed by atoms with Gasteiger partial charge in [-0.25, -0.2) is 0 Å². The molecule has 0 atom stereocenters. The van der Waals surface area contributed by atoms with Gasteiger partial charge < -0.3 is 4.74 Å². The normalized spacial score (nSPS) is 15.2. The fourth-order valence-corrected chi connectivity index (χ4v) is 1.37. The molecule has 0 saturated heterocycles. The molecular formula is C9H9BO2. The maximum absolute atomic E-state index is 11.3. The van der Waals surface area contributed by atoms with Crippen molar-refractivity contribution >= 4 is 19.1 Å². The minimum Gasteiger partial charge on any atom is -0.492 e. The van der Waals surface area contributed by atoms with Gasteiger partial charge in [-0.1, -0.05) is 11.5 Å². The lowest BCUT2D eigenvalue weighted by Gasteiger charge is -2.16. The van der Waals surface area contributed by atoms with E-state index in [2.05, 4.69) is 0 Å². The van der Waals surface area contributed by atoms with Crippen LogP contribution in [0.4, 0.5) is 0 Å². The van der Waals surface area contributed by atoms with Crippen molar-refractivity contribution in [3.8, 4) is 5.75 Å². The van der Waals surface area contributed by atoms with Crippen molar-refractivity contribution < 1.29 is 9.53 Å². The highest BCUT2D eigenvalue weighted by Gasteiger charge is 2.17. The average Bonchev–Trinajstić information content (AvgIpc) is 2.04. The summed E-state index contributed by atoms with van der Waals surface area (Å²) in [5.74, 6) is 0.933. The first-order valence-corrected chi connectivity index (χ1v) is 4.04. The van der Waals surface area contributed by atoms with Gasteiger partial charge in [0.15, 0.2) is 5.78 Å². The molecule has 0 radical (unpaired) electrons. The summed E-state index contributed by atoms with van der Waals surface area (Å²) in [6, 6.07) is 5.68. The highest BCUT2D eigenvalue weighted by Crippen LogP contribution is 2.22. The van der Waals surface area contributed by atoms with E-state index < -0.39 is 0 Å². The zero-order valence-corrected chi connectivity index (χ0v) is 6.96. The largest absolute Gasteiger partial charge is 0.492 e. The van der Waals surface area contributed by atoms with Crippen LogP contribution in [0.5, 0.6) is 5.75 Å². The molecule has 1 aromatic carbocycles. The van der Waals surface area contributed by atoms with Gasteiger partial charge in [0.05, 0.1) is 12.2 Å². The van der Waals surface area contributed by atoms with Crippen molar-refractivity contribution in [1.29, 1.82) is 0 Å². The first-order chi connectivity index (χ1) is 5.77. The molecule has 60 valence electrons. The van der Waals surface area contributed by atoms with Crippen LogP contribution in [0.1, 0.15) is 16.8 Å². The maximum atomic E-state index is 11.3. The fourth-order valence-electron chi connectivity index (χ4n) is 1.37. The van der Waals surface area contributed by atoms with Gasteiger partial charge in [-0.15, -0.1) is 0 Å². The lowest BCUT2D eigenvalue weighted by Crippen LogP contribution is -2.17. The Morgan fingerprint density at radius 1 is 1.42 bits per heavy atom. The highest BCUT2D eigenvalue weighted by atomic mass is 16.5. The Kier molecular flexibility index (Phi) is 1.64. The average molecular weight is 160 g/mol. The van der Waals surface area contributed by atoms with Gasteiger partial charge in [-0.05, 0) is 12.1 Å². The first-order valence-electron chi connectivity index (χ1n) is 4.04. The van der Waals surface area contributed by atoms with Crippen LogP contribution >= 0.6 is 0 Å². The van der Waals surface area contributed by atoms with Crippen LogP contribution in [0.2, 0.25) is 0 Å². The van der Waals surface area contributed by atoms with Crippen LogP contribution in [-0.2, 0) is 0 Å². The van der Waals surface area contributed by atoms with E-state index in [4.69, 9.17) is 4.74 Å². The number of benzene rings is 1. The molecule has 0 aromatic heterocycles. The van der Waals surface area contributed by atoms with Crippen LogP contribution in [0.15, 0.2) is 18.2 Å². The number of Topliss-reactive ketones (excluding diaryl/α,β-unsaturated/α-hetero) is 1. The van der Waals surface area contributed by atoms with Gasteiger partial charge in [-0.2, -0.15) is 0 Å². The summed E-state index contributed by atoms with van der Waals surface area (Å²) in [7, 11) is 1.99. The molecular weight excluding hydrogens is 151 g/mol. The standard InChI is InChI=1S/C9H9BO2/c10-6-1-2-7-8(11)3-4-12-9(7)5-6/h1-2,5H,3-4,10H2. The summed E-state index contributed by atoms with van der Waals surface area (Å²) >= 11 is 0. The summed E-state index contributed by atoms with van der Waals surface area (Å²) in [6.07, 6.45) is 0.510. The van der Waals surface area contributed by atoms with Crippen LogP contribution in [0.3, 0.4) is 0 Å². The van der Waals surface area contributed by atoms with Crippen molar-refractivity contribution in [2.45, 2.75) is 6.42 Å². The molecule has 0 unspecified atom stereocenters. The molecule has 0 saturated carbocycles. The number of hydrogen-bond donors (Lipinski definition) is 0. The zero-order valence-electron chi connectivity index (χ0n) is 6.96. The Morgan fingerprint density at radius 3 is 3.08 bits per heavy atom. The molecule has 1 aromatic rings. The van der Waals surface area contributed by atoms with Crippen molar-refractivity contribution in [2.24, 2.45) is 0 Å². The zero-order chi connectivity index (χ0) is 8.55. The van der Waals surface area contributed by atoms with Gasteiger partial charge in [-0.3, -0.25) is 4.79 Å². The van der Waals surface area contributed by atoms with Crippen molar-refractivity contribution in [3.63, 3.8) is 0 Å². The Morgan fingerprint density at radius 2 is 2.25 bits per heavy atom. The van der Waals surface area contributed by atoms with E-state index in [1.54, 1.807) is 0 Å². The number of fused-ring (bicyclic) bond motifs is 1. The second kappa shape index (κ2) is 2.66. The van der Waals surface area contributed by atoms with Gasteiger partial charge in [0.25, 0.3) is 0 Å². The predicted octanol–water partition coefficient (Wildman–Crippen LogP) is -0.0898. The van der Waals surface area contributed by atoms with Gasteiger partial charge >= 0.3 is 0 Å². The Hall–Kier alpha value is -1.25. The number of hydrogen-bond acceptors (Lipinski definition) is 2. The first kappa shape index (κ1) is 7.41. The van der Waals surface area contributed by atoms with Crippen molar-refractivity contribution in [2.75, 3.05) is 6.61 Å². The third-order valence-electron chi connectivity index (χ3n) is 2.02. The molecule has 0 aliphatic carbocycles. The summed E-state index contributed by atoms with van der Waals surface area (Å²) < 4.78 is 5.35. The monoisotopic (exact) mass is 160 g/mol.